The van der Waals surface area contributed by atoms with Gasteiger partial charge in [-0.15, -0.1) is 0 Å². The van der Waals surface area contributed by atoms with E-state index in [0.717, 1.165) is 57.8 Å². The van der Waals surface area contributed by atoms with E-state index in [-0.39, 0.29) is 19.4 Å². The van der Waals surface area contributed by atoms with Crippen LogP contribution >= 0.6 is 7.82 Å². The molecular weight excluding hydrogens is 748 g/mol. The van der Waals surface area contributed by atoms with Crippen molar-refractivity contribution >= 4 is 19.8 Å². The summed E-state index contributed by atoms with van der Waals surface area (Å²) in [6.07, 6.45) is 56.6. The van der Waals surface area contributed by atoms with Gasteiger partial charge in [0.1, 0.15) is 6.61 Å². The van der Waals surface area contributed by atoms with Crippen molar-refractivity contribution in [3.05, 3.63) is 60.8 Å². The molecule has 0 rings (SSSR count). The van der Waals surface area contributed by atoms with Crippen LogP contribution in [0.25, 0.3) is 0 Å². The summed E-state index contributed by atoms with van der Waals surface area (Å²) in [6.45, 7) is 3.64. The largest absolute Gasteiger partial charge is 0.469 e. The minimum atomic E-state index is -4.77. The minimum absolute atomic E-state index is 0.173. The number of unbranched alkanes of at least 4 members (excludes halogenated alkanes) is 23. The Bertz CT molecular complexity index is 1120. The molecule has 1 atom stereocenters. The quantitative estimate of drug-likeness (QED) is 0.0270. The second kappa shape index (κ2) is 44.3. The summed E-state index contributed by atoms with van der Waals surface area (Å²) >= 11 is 0. The maximum atomic E-state index is 12.4. The maximum Gasteiger partial charge on any atom is 0.469 e. The average Bonchev–Trinajstić information content (AvgIpc) is 3.20. The third kappa shape index (κ3) is 46.4. The molecule has 0 saturated heterocycles. The van der Waals surface area contributed by atoms with Crippen molar-refractivity contribution in [1.82, 2.24) is 0 Å². The zero-order valence-electron chi connectivity index (χ0n) is 37.2. The van der Waals surface area contributed by atoms with Crippen molar-refractivity contribution in [2.75, 3.05) is 13.2 Å². The first-order chi connectivity index (χ1) is 28.3. The van der Waals surface area contributed by atoms with E-state index in [0.29, 0.717) is 6.42 Å². The Morgan fingerprint density at radius 3 is 1.22 bits per heavy atom. The van der Waals surface area contributed by atoms with Gasteiger partial charge < -0.3 is 19.3 Å². The second-order valence-electron chi connectivity index (χ2n) is 15.7. The fourth-order valence-corrected chi connectivity index (χ4v) is 6.83. The Labute approximate surface area is 356 Å². The van der Waals surface area contributed by atoms with Gasteiger partial charge in [-0.25, -0.2) is 4.57 Å². The van der Waals surface area contributed by atoms with Crippen LogP contribution in [0.5, 0.6) is 0 Å². The fourth-order valence-electron chi connectivity index (χ4n) is 6.47. The minimum Gasteiger partial charge on any atom is -0.462 e. The van der Waals surface area contributed by atoms with Gasteiger partial charge in [0, 0.05) is 12.8 Å². The molecule has 0 spiro atoms. The predicted molar refractivity (Wildman–Crippen MR) is 244 cm³/mol. The lowest BCUT2D eigenvalue weighted by Gasteiger charge is -2.18. The first-order valence-corrected chi connectivity index (χ1v) is 25.1. The topological polar surface area (TPSA) is 119 Å². The number of hydrogen-bond acceptors (Lipinski definition) is 6. The molecule has 2 N–H and O–H groups in total. The van der Waals surface area contributed by atoms with Crippen molar-refractivity contribution in [2.45, 2.75) is 225 Å². The average molecular weight is 835 g/mol. The van der Waals surface area contributed by atoms with E-state index in [2.05, 4.69) is 79.1 Å². The number of phosphoric ester groups is 1. The lowest BCUT2D eigenvalue weighted by molar-refractivity contribution is -0.161. The Hall–Kier alpha value is -2.25. The van der Waals surface area contributed by atoms with Crippen LogP contribution in [-0.4, -0.2) is 41.0 Å². The number of carbonyl (C=O) groups excluding carboxylic acids is 2. The Kier molecular flexibility index (Phi) is 42.6. The lowest BCUT2D eigenvalue weighted by Crippen LogP contribution is -2.29. The summed E-state index contributed by atoms with van der Waals surface area (Å²) in [7, 11) is -4.77. The first kappa shape index (κ1) is 55.8. The highest BCUT2D eigenvalue weighted by molar-refractivity contribution is 7.46. The number of rotatable bonds is 43. The Balaban J connectivity index is 3.92. The molecule has 0 aliphatic heterocycles. The molecule has 336 valence electrons. The van der Waals surface area contributed by atoms with Crippen molar-refractivity contribution in [3.8, 4) is 0 Å². The zero-order valence-corrected chi connectivity index (χ0v) is 38.1. The molecule has 0 unspecified atom stereocenters. The normalized spacial score (nSPS) is 13.0. The smallest absolute Gasteiger partial charge is 0.462 e. The molecule has 0 aromatic heterocycles. The van der Waals surface area contributed by atoms with E-state index in [1.807, 2.05) is 0 Å². The highest BCUT2D eigenvalue weighted by Crippen LogP contribution is 2.36. The number of allylic oxidation sites excluding steroid dienone is 10. The molecule has 0 aliphatic rings. The van der Waals surface area contributed by atoms with Gasteiger partial charge in [0.05, 0.1) is 6.61 Å². The van der Waals surface area contributed by atoms with Crippen LogP contribution in [0.2, 0.25) is 0 Å². The summed E-state index contributed by atoms with van der Waals surface area (Å²) < 4.78 is 26.4. The molecule has 0 fully saturated rings. The van der Waals surface area contributed by atoms with E-state index in [4.69, 9.17) is 19.3 Å². The van der Waals surface area contributed by atoms with Crippen molar-refractivity contribution in [2.24, 2.45) is 0 Å². The van der Waals surface area contributed by atoms with Crippen molar-refractivity contribution in [3.63, 3.8) is 0 Å². The van der Waals surface area contributed by atoms with Gasteiger partial charge in [0.2, 0.25) is 0 Å². The highest BCUT2D eigenvalue weighted by Gasteiger charge is 2.22. The standard InChI is InChI=1S/C49H87O8P/c1-3-5-7-9-11-13-15-17-19-21-23-24-26-27-29-31-33-35-37-39-41-43-48(50)55-45-47(46-56-58(52,53)54)57-49(51)44-42-40-38-36-34-32-30-28-25-22-20-18-16-14-12-10-8-6-4-2/h12,14,17-20,25,28,32,34,47H,3-11,13,15-16,21-24,26-27,29-31,33,35-46H2,1-2H3,(H2,52,53,54)/b14-12+,19-17+,20-18+,28-25+,34-32+/t47-/m1/s1. The van der Waals surface area contributed by atoms with Gasteiger partial charge in [-0.05, 0) is 83.5 Å². The lowest BCUT2D eigenvalue weighted by atomic mass is 10.0. The molecule has 9 heteroatoms. The summed E-state index contributed by atoms with van der Waals surface area (Å²) in [5.74, 6) is -0.919. The van der Waals surface area contributed by atoms with Crippen LogP contribution in [0.15, 0.2) is 60.8 Å². The van der Waals surface area contributed by atoms with Crippen LogP contribution in [0.3, 0.4) is 0 Å². The third-order valence-electron chi connectivity index (χ3n) is 10.0. The summed E-state index contributed by atoms with van der Waals surface area (Å²) in [5, 5.41) is 0. The van der Waals surface area contributed by atoms with E-state index >= 15 is 0 Å². The molecule has 0 amide bonds. The van der Waals surface area contributed by atoms with Crippen LogP contribution in [0.1, 0.15) is 219 Å². The Morgan fingerprint density at radius 1 is 0.448 bits per heavy atom. The van der Waals surface area contributed by atoms with Gasteiger partial charge >= 0.3 is 19.8 Å². The van der Waals surface area contributed by atoms with Crippen molar-refractivity contribution in [1.29, 1.82) is 0 Å². The molecule has 0 radical (unpaired) electrons. The number of ether oxygens (including phenoxy) is 2. The number of esters is 2. The highest BCUT2D eigenvalue weighted by atomic mass is 31.2. The van der Waals surface area contributed by atoms with Gasteiger partial charge in [-0.3, -0.25) is 14.1 Å². The third-order valence-corrected chi connectivity index (χ3v) is 10.5. The monoisotopic (exact) mass is 835 g/mol. The summed E-state index contributed by atoms with van der Waals surface area (Å²) in [4.78, 5) is 43.0. The fraction of sp³-hybridized carbons (Fsp3) is 0.755. The van der Waals surface area contributed by atoms with Crippen LogP contribution in [-0.2, 0) is 28.2 Å². The van der Waals surface area contributed by atoms with Gasteiger partial charge in [0.25, 0.3) is 0 Å². The number of phosphoric acid groups is 1. The van der Waals surface area contributed by atoms with E-state index < -0.39 is 32.5 Å². The molecule has 0 aromatic carbocycles. The maximum absolute atomic E-state index is 12.4. The number of carbonyl (C=O) groups is 2. The first-order valence-electron chi connectivity index (χ1n) is 23.6. The SMILES string of the molecule is CCCCC/C=C/C/C=C/C/C=C/C/C=C/CCCCCC(=O)O[C@H](COC(=O)CCCCCCCCCCCCC/C=C/CCCCCCCC)COP(=O)(O)O. The van der Waals surface area contributed by atoms with Crippen molar-refractivity contribution < 1.29 is 37.9 Å². The Morgan fingerprint density at radius 2 is 0.776 bits per heavy atom. The molecule has 0 aliphatic carbocycles. The van der Waals surface area contributed by atoms with Gasteiger partial charge in [-0.1, -0.05) is 184 Å². The zero-order chi connectivity index (χ0) is 42.5. The molecule has 0 heterocycles. The molecule has 0 aromatic rings. The van der Waals surface area contributed by atoms with Gasteiger partial charge in [-0.2, -0.15) is 0 Å². The molecular formula is C49H87O8P. The predicted octanol–water partition coefficient (Wildman–Crippen LogP) is 14.9. The molecule has 8 nitrogen and oxygen atoms in total. The van der Waals surface area contributed by atoms with Crippen LogP contribution < -0.4 is 0 Å². The number of hydrogen-bond donors (Lipinski definition) is 2. The van der Waals surface area contributed by atoms with E-state index in [1.54, 1.807) is 0 Å². The van der Waals surface area contributed by atoms with Crippen LogP contribution in [0, 0.1) is 0 Å². The van der Waals surface area contributed by atoms with E-state index in [9.17, 15) is 14.2 Å². The second-order valence-corrected chi connectivity index (χ2v) is 17.0. The molecule has 0 bridgehead atoms. The molecule has 58 heavy (non-hydrogen) atoms. The summed E-state index contributed by atoms with van der Waals surface area (Å²) in [5.41, 5.74) is 0. The van der Waals surface area contributed by atoms with Crippen LogP contribution in [0.4, 0.5) is 0 Å². The van der Waals surface area contributed by atoms with Gasteiger partial charge in [0.15, 0.2) is 6.10 Å². The summed E-state index contributed by atoms with van der Waals surface area (Å²) in [6, 6.07) is 0. The van der Waals surface area contributed by atoms with E-state index in [1.165, 1.54) is 128 Å². The molecule has 0 saturated carbocycles.